The van der Waals surface area contributed by atoms with Crippen molar-refractivity contribution in [1.29, 1.82) is 0 Å². The number of nitrogens with zero attached hydrogens (tertiary/aromatic N) is 1. The van der Waals surface area contributed by atoms with Gasteiger partial charge in [-0.15, -0.1) is 0 Å². The highest BCUT2D eigenvalue weighted by Crippen LogP contribution is 2.15. The van der Waals surface area contributed by atoms with E-state index in [-0.39, 0.29) is 24.2 Å². The third kappa shape index (κ3) is 6.50. The predicted octanol–water partition coefficient (Wildman–Crippen LogP) is 4.80. The van der Waals surface area contributed by atoms with Crippen molar-refractivity contribution in [2.45, 2.75) is 40.0 Å². The van der Waals surface area contributed by atoms with Gasteiger partial charge in [0, 0.05) is 16.6 Å². The van der Waals surface area contributed by atoms with Crippen molar-refractivity contribution < 1.29 is 9.59 Å². The molecule has 0 radical (unpaired) electrons. The van der Waals surface area contributed by atoms with E-state index in [0.717, 1.165) is 29.7 Å². The van der Waals surface area contributed by atoms with E-state index >= 15 is 0 Å². The van der Waals surface area contributed by atoms with Crippen molar-refractivity contribution >= 4 is 34.8 Å². The smallest absolute Gasteiger partial charge is 0.244 e. The Morgan fingerprint density at radius 3 is 2.39 bits per heavy atom. The number of rotatable bonds is 8. The van der Waals surface area contributed by atoms with Crippen LogP contribution in [0.2, 0.25) is 5.02 Å². The fourth-order valence-electron chi connectivity index (χ4n) is 2.76. The zero-order chi connectivity index (χ0) is 20.5. The molecule has 0 aliphatic carbocycles. The van der Waals surface area contributed by atoms with E-state index in [2.05, 4.69) is 15.8 Å². The molecule has 2 N–H and O–H groups in total. The average Bonchev–Trinajstić information content (AvgIpc) is 2.69. The first-order valence-electron chi connectivity index (χ1n) is 9.41. The molecular weight excluding hydrogens is 374 g/mol. The van der Waals surface area contributed by atoms with Crippen LogP contribution in [0.1, 0.15) is 44.7 Å². The van der Waals surface area contributed by atoms with Gasteiger partial charge in [-0.25, -0.2) is 5.43 Å². The zero-order valence-corrected chi connectivity index (χ0v) is 17.2. The number of anilines is 1. The van der Waals surface area contributed by atoms with Gasteiger partial charge in [-0.3, -0.25) is 9.59 Å². The fourth-order valence-corrected chi connectivity index (χ4v) is 2.89. The van der Waals surface area contributed by atoms with Gasteiger partial charge in [0.25, 0.3) is 0 Å². The van der Waals surface area contributed by atoms with Gasteiger partial charge < -0.3 is 5.32 Å². The van der Waals surface area contributed by atoms with Gasteiger partial charge in [0.2, 0.25) is 11.8 Å². The Kier molecular flexibility index (Phi) is 8.20. The number of nitrogens with one attached hydrogen (secondary N) is 2. The fraction of sp³-hybridized carbons (Fsp3) is 0.318. The number of carbonyl (C=O) groups is 2. The lowest BCUT2D eigenvalue weighted by Gasteiger charge is -2.13. The minimum absolute atomic E-state index is 0.00516. The van der Waals surface area contributed by atoms with Gasteiger partial charge in [0.05, 0.1) is 12.1 Å². The van der Waals surface area contributed by atoms with Crippen LogP contribution in [0.5, 0.6) is 0 Å². The molecule has 2 rings (SSSR count). The quantitative estimate of drug-likeness (QED) is 0.494. The monoisotopic (exact) mass is 399 g/mol. The molecule has 0 fully saturated rings. The predicted molar refractivity (Wildman–Crippen MR) is 115 cm³/mol. The first kappa shape index (κ1) is 21.6. The largest absolute Gasteiger partial charge is 0.326 e. The molecule has 2 aromatic rings. The summed E-state index contributed by atoms with van der Waals surface area (Å²) in [5.41, 5.74) is 5.63. The molecule has 0 heterocycles. The van der Waals surface area contributed by atoms with Crippen molar-refractivity contribution in [2.24, 2.45) is 11.0 Å². The molecule has 0 aromatic heterocycles. The van der Waals surface area contributed by atoms with Gasteiger partial charge in [0.15, 0.2) is 0 Å². The summed E-state index contributed by atoms with van der Waals surface area (Å²) in [4.78, 5) is 24.3. The van der Waals surface area contributed by atoms with Crippen LogP contribution in [0.15, 0.2) is 53.6 Å². The van der Waals surface area contributed by atoms with Gasteiger partial charge in [-0.2, -0.15) is 5.10 Å². The molecule has 0 aliphatic heterocycles. The van der Waals surface area contributed by atoms with Crippen LogP contribution < -0.4 is 10.7 Å². The maximum Gasteiger partial charge on any atom is 0.244 e. The minimum Gasteiger partial charge on any atom is -0.326 e. The van der Waals surface area contributed by atoms with Crippen LogP contribution in [-0.2, 0) is 16.0 Å². The van der Waals surface area contributed by atoms with Crippen LogP contribution in [0, 0.1) is 5.92 Å². The van der Waals surface area contributed by atoms with Gasteiger partial charge in [-0.1, -0.05) is 49.7 Å². The number of halogens is 1. The summed E-state index contributed by atoms with van der Waals surface area (Å²) in [5.74, 6) is -0.182. The lowest BCUT2D eigenvalue weighted by molar-refractivity contribution is -0.121. The lowest BCUT2D eigenvalue weighted by Crippen LogP contribution is -2.22. The Hall–Kier alpha value is -2.66. The summed E-state index contributed by atoms with van der Waals surface area (Å²) < 4.78 is 0. The lowest BCUT2D eigenvalue weighted by atomic mass is 10.0. The Labute approximate surface area is 171 Å². The van der Waals surface area contributed by atoms with E-state index in [9.17, 15) is 9.59 Å². The summed E-state index contributed by atoms with van der Waals surface area (Å²) in [6, 6.07) is 14.6. The Morgan fingerprint density at radius 2 is 1.75 bits per heavy atom. The van der Waals surface area contributed by atoms with Crippen LogP contribution >= 0.6 is 11.6 Å². The first-order valence-corrected chi connectivity index (χ1v) is 9.79. The minimum atomic E-state index is -0.208. The van der Waals surface area contributed by atoms with Gasteiger partial charge in [0.1, 0.15) is 0 Å². The third-order valence-corrected chi connectivity index (χ3v) is 4.78. The molecule has 0 bridgehead atoms. The molecular formula is C22H26ClN3O2. The summed E-state index contributed by atoms with van der Waals surface area (Å²) in [5, 5.41) is 7.76. The maximum atomic E-state index is 12.3. The highest BCUT2D eigenvalue weighted by Gasteiger charge is 2.14. The number of carbonyl (C=O) groups excluding carboxylic acids is 2. The molecule has 0 saturated heterocycles. The number of amides is 2. The highest BCUT2D eigenvalue weighted by molar-refractivity contribution is 6.30. The molecule has 5 nitrogen and oxygen atoms in total. The van der Waals surface area contributed by atoms with Crippen molar-refractivity contribution in [2.75, 3.05) is 5.32 Å². The second kappa shape index (κ2) is 10.6. The van der Waals surface area contributed by atoms with E-state index in [4.69, 9.17) is 11.6 Å². The van der Waals surface area contributed by atoms with Crippen LogP contribution in [0.3, 0.4) is 0 Å². The maximum absolute atomic E-state index is 12.3. The Bertz CT molecular complexity index is 843. The highest BCUT2D eigenvalue weighted by atomic mass is 35.5. The summed E-state index contributed by atoms with van der Waals surface area (Å²) >= 11 is 5.85. The van der Waals surface area contributed by atoms with E-state index in [1.165, 1.54) is 0 Å². The van der Waals surface area contributed by atoms with Crippen LogP contribution in [-0.4, -0.2) is 17.5 Å². The van der Waals surface area contributed by atoms with E-state index in [0.29, 0.717) is 10.7 Å². The second-order valence-corrected chi connectivity index (χ2v) is 7.06. The number of hydrogen-bond donors (Lipinski definition) is 2. The second-order valence-electron chi connectivity index (χ2n) is 6.62. The number of hydrazone groups is 1. The van der Waals surface area contributed by atoms with Gasteiger partial charge >= 0.3 is 0 Å². The molecule has 28 heavy (non-hydrogen) atoms. The number of benzene rings is 2. The molecule has 148 valence electrons. The number of hydrogen-bond acceptors (Lipinski definition) is 3. The van der Waals surface area contributed by atoms with Crippen molar-refractivity contribution in [3.8, 4) is 0 Å². The molecule has 0 spiro atoms. The molecule has 0 unspecified atom stereocenters. The van der Waals surface area contributed by atoms with E-state index in [1.54, 1.807) is 12.1 Å². The van der Waals surface area contributed by atoms with Gasteiger partial charge in [-0.05, 0) is 55.2 Å². The average molecular weight is 400 g/mol. The molecule has 6 heteroatoms. The normalized spacial score (nSPS) is 11.4. The molecule has 2 aromatic carbocycles. The Morgan fingerprint density at radius 1 is 1.07 bits per heavy atom. The summed E-state index contributed by atoms with van der Waals surface area (Å²) in [6.45, 7) is 5.83. The van der Waals surface area contributed by atoms with E-state index < -0.39 is 0 Å². The zero-order valence-electron chi connectivity index (χ0n) is 16.5. The molecule has 2 amide bonds. The summed E-state index contributed by atoms with van der Waals surface area (Å²) in [7, 11) is 0. The van der Waals surface area contributed by atoms with Crippen molar-refractivity contribution in [3.63, 3.8) is 0 Å². The van der Waals surface area contributed by atoms with E-state index in [1.807, 2.05) is 57.2 Å². The summed E-state index contributed by atoms with van der Waals surface area (Å²) in [6.07, 6.45) is 1.84. The molecule has 0 atom stereocenters. The van der Waals surface area contributed by atoms with Crippen molar-refractivity contribution in [3.05, 3.63) is 64.7 Å². The van der Waals surface area contributed by atoms with Crippen molar-refractivity contribution in [1.82, 2.24) is 5.43 Å². The molecule has 0 saturated carbocycles. The van der Waals surface area contributed by atoms with Crippen LogP contribution in [0.4, 0.5) is 5.69 Å². The third-order valence-electron chi connectivity index (χ3n) is 4.53. The molecule has 0 aliphatic rings. The Balaban J connectivity index is 1.99. The first-order chi connectivity index (χ1) is 13.4. The van der Waals surface area contributed by atoms with Crippen LogP contribution in [0.25, 0.3) is 0 Å². The SMILES string of the molecule is CCC(CC)C(=O)Nc1cccc(/C(C)=N\NC(=O)Cc2ccc(Cl)cc2)c1. The topological polar surface area (TPSA) is 70.6 Å². The standard InChI is InChI=1S/C22H26ClN3O2/c1-4-17(5-2)22(28)24-20-8-6-7-18(14-20)15(3)25-26-21(27)13-16-9-11-19(23)12-10-16/h6-12,14,17H,4-5,13H2,1-3H3,(H,24,28)(H,26,27)/b25-15-.